The zero-order valence-corrected chi connectivity index (χ0v) is 15.8. The number of hydrogen-bond acceptors (Lipinski definition) is 2. The lowest BCUT2D eigenvalue weighted by Gasteiger charge is -2.19. The molecule has 2 rings (SSSR count). The molecule has 1 N–H and O–H groups in total. The number of carbonyl (C=O) groups excluding carboxylic acids is 1. The van der Waals surface area contributed by atoms with Crippen LogP contribution in [0, 0.1) is 0 Å². The average molecular weight is 427 g/mol. The van der Waals surface area contributed by atoms with Gasteiger partial charge in [0.2, 0.25) is 0 Å². The summed E-state index contributed by atoms with van der Waals surface area (Å²) in [6, 6.07) is 13.7. The minimum atomic E-state index is -0.507. The highest BCUT2D eigenvalue weighted by Crippen LogP contribution is 2.28. The van der Waals surface area contributed by atoms with E-state index in [0.29, 0.717) is 5.69 Å². The standard InChI is InChI=1S/C17H17Br2NO2/c1-17(2,3)22-16(21)20-15-6-4-11(5-7-15)12-8-13(18)10-14(19)9-12/h4-10H,1-3H3,(H,20,21). The third-order valence-corrected chi connectivity index (χ3v) is 3.64. The molecule has 3 nitrogen and oxygen atoms in total. The molecule has 116 valence electrons. The fraction of sp³-hybridized carbons (Fsp3) is 0.235. The summed E-state index contributed by atoms with van der Waals surface area (Å²) in [7, 11) is 0. The molecule has 0 fully saturated rings. The van der Waals surface area contributed by atoms with Gasteiger partial charge in [-0.2, -0.15) is 0 Å². The molecule has 0 aromatic heterocycles. The number of carbonyl (C=O) groups is 1. The molecule has 0 spiro atoms. The predicted molar refractivity (Wildman–Crippen MR) is 97.1 cm³/mol. The van der Waals surface area contributed by atoms with Crippen molar-refractivity contribution < 1.29 is 9.53 Å². The van der Waals surface area contributed by atoms with Gasteiger partial charge in [0, 0.05) is 14.6 Å². The first-order valence-corrected chi connectivity index (χ1v) is 8.38. The highest BCUT2D eigenvalue weighted by Gasteiger charge is 2.16. The van der Waals surface area contributed by atoms with Crippen molar-refractivity contribution >= 4 is 43.6 Å². The molecule has 0 radical (unpaired) electrons. The van der Waals surface area contributed by atoms with Gasteiger partial charge in [0.05, 0.1) is 0 Å². The van der Waals surface area contributed by atoms with Gasteiger partial charge in [-0.3, -0.25) is 5.32 Å². The van der Waals surface area contributed by atoms with Gasteiger partial charge in [0.1, 0.15) is 5.60 Å². The van der Waals surface area contributed by atoms with Crippen LogP contribution in [0.1, 0.15) is 20.8 Å². The number of amides is 1. The summed E-state index contributed by atoms with van der Waals surface area (Å²) in [5, 5.41) is 2.72. The lowest BCUT2D eigenvalue weighted by Crippen LogP contribution is -2.27. The number of benzene rings is 2. The van der Waals surface area contributed by atoms with Crippen LogP contribution in [0.4, 0.5) is 10.5 Å². The molecule has 1 amide bonds. The predicted octanol–water partition coefficient (Wildman–Crippen LogP) is 6.23. The number of hydrogen-bond donors (Lipinski definition) is 1. The molecule has 2 aromatic carbocycles. The maximum atomic E-state index is 11.7. The summed E-state index contributed by atoms with van der Waals surface area (Å²) in [4.78, 5) is 11.7. The number of halogens is 2. The topological polar surface area (TPSA) is 38.3 Å². The van der Waals surface area contributed by atoms with Crippen LogP contribution >= 0.6 is 31.9 Å². The molecule has 0 aliphatic heterocycles. The van der Waals surface area contributed by atoms with E-state index < -0.39 is 11.7 Å². The summed E-state index contributed by atoms with van der Waals surface area (Å²) in [6.45, 7) is 5.50. The Hall–Kier alpha value is -1.33. The van der Waals surface area contributed by atoms with Crippen LogP contribution in [-0.2, 0) is 4.74 Å². The van der Waals surface area contributed by atoms with Crippen molar-refractivity contribution in [3.8, 4) is 11.1 Å². The van der Waals surface area contributed by atoms with E-state index >= 15 is 0 Å². The lowest BCUT2D eigenvalue weighted by atomic mass is 10.1. The molecule has 0 heterocycles. The second-order valence-corrected chi connectivity index (χ2v) is 7.69. The normalized spacial score (nSPS) is 11.1. The molecule has 0 bridgehead atoms. The van der Waals surface area contributed by atoms with Crippen LogP contribution in [0.25, 0.3) is 11.1 Å². The Morgan fingerprint density at radius 1 is 0.955 bits per heavy atom. The van der Waals surface area contributed by atoms with E-state index in [9.17, 15) is 4.79 Å². The van der Waals surface area contributed by atoms with Gasteiger partial charge in [0.25, 0.3) is 0 Å². The quantitative estimate of drug-likeness (QED) is 0.618. The molecule has 0 saturated carbocycles. The van der Waals surface area contributed by atoms with Crippen LogP contribution in [0.2, 0.25) is 0 Å². The summed E-state index contributed by atoms with van der Waals surface area (Å²) in [6.07, 6.45) is -0.453. The van der Waals surface area contributed by atoms with E-state index in [1.165, 1.54) is 0 Å². The third-order valence-electron chi connectivity index (χ3n) is 2.73. The first-order valence-electron chi connectivity index (χ1n) is 6.79. The van der Waals surface area contributed by atoms with E-state index in [2.05, 4.69) is 37.2 Å². The van der Waals surface area contributed by atoms with Crippen LogP contribution in [0.3, 0.4) is 0 Å². The molecule has 0 saturated heterocycles. The van der Waals surface area contributed by atoms with Crippen molar-refractivity contribution in [1.82, 2.24) is 0 Å². The Balaban J connectivity index is 2.12. The first-order chi connectivity index (χ1) is 10.2. The van der Waals surface area contributed by atoms with Gasteiger partial charge in [-0.25, -0.2) is 4.79 Å². The molecule has 5 heteroatoms. The summed E-state index contributed by atoms with van der Waals surface area (Å²) in [5.74, 6) is 0. The van der Waals surface area contributed by atoms with E-state index in [1.54, 1.807) is 0 Å². The van der Waals surface area contributed by atoms with Gasteiger partial charge in [-0.15, -0.1) is 0 Å². The maximum absolute atomic E-state index is 11.7. The highest BCUT2D eigenvalue weighted by molar-refractivity contribution is 9.11. The van der Waals surface area contributed by atoms with Gasteiger partial charge < -0.3 is 4.74 Å². The van der Waals surface area contributed by atoms with Crippen molar-refractivity contribution in [2.75, 3.05) is 5.32 Å². The zero-order valence-electron chi connectivity index (χ0n) is 12.6. The fourth-order valence-corrected chi connectivity index (χ4v) is 3.18. The summed E-state index contributed by atoms with van der Waals surface area (Å²) >= 11 is 6.96. The van der Waals surface area contributed by atoms with Crippen molar-refractivity contribution in [3.05, 3.63) is 51.4 Å². The zero-order chi connectivity index (χ0) is 16.3. The summed E-state index contributed by atoms with van der Waals surface area (Å²) < 4.78 is 7.24. The van der Waals surface area contributed by atoms with Crippen molar-refractivity contribution in [3.63, 3.8) is 0 Å². The average Bonchev–Trinajstić information content (AvgIpc) is 2.36. The molecule has 22 heavy (non-hydrogen) atoms. The Morgan fingerprint density at radius 3 is 2.00 bits per heavy atom. The van der Waals surface area contributed by atoms with Crippen LogP contribution in [-0.4, -0.2) is 11.7 Å². The van der Waals surface area contributed by atoms with Gasteiger partial charge in [-0.1, -0.05) is 44.0 Å². The lowest BCUT2D eigenvalue weighted by molar-refractivity contribution is 0.0636. The Morgan fingerprint density at radius 2 is 1.50 bits per heavy atom. The van der Waals surface area contributed by atoms with Gasteiger partial charge in [0.15, 0.2) is 0 Å². The fourth-order valence-electron chi connectivity index (χ4n) is 1.89. The van der Waals surface area contributed by atoms with Crippen LogP contribution in [0.15, 0.2) is 51.4 Å². The minimum Gasteiger partial charge on any atom is -0.444 e. The minimum absolute atomic E-state index is 0.453. The maximum Gasteiger partial charge on any atom is 0.412 e. The SMILES string of the molecule is CC(C)(C)OC(=O)Nc1ccc(-c2cc(Br)cc(Br)c2)cc1. The van der Waals surface area contributed by atoms with E-state index in [-0.39, 0.29) is 0 Å². The first kappa shape index (κ1) is 17.0. The van der Waals surface area contributed by atoms with Crippen LogP contribution < -0.4 is 5.32 Å². The van der Waals surface area contributed by atoms with Crippen molar-refractivity contribution in [1.29, 1.82) is 0 Å². The Labute approximate surface area is 147 Å². The number of anilines is 1. The van der Waals surface area contributed by atoms with Gasteiger partial charge >= 0.3 is 6.09 Å². The Kier molecular flexibility index (Phi) is 5.29. The van der Waals surface area contributed by atoms with E-state index in [0.717, 1.165) is 20.1 Å². The molecule has 0 aliphatic carbocycles. The Bertz CT molecular complexity index is 656. The molecule has 2 aromatic rings. The smallest absolute Gasteiger partial charge is 0.412 e. The monoisotopic (exact) mass is 425 g/mol. The second-order valence-electron chi connectivity index (χ2n) is 5.86. The number of rotatable bonds is 2. The third kappa shape index (κ3) is 5.14. The molecular weight excluding hydrogens is 410 g/mol. The van der Waals surface area contributed by atoms with Crippen molar-refractivity contribution in [2.45, 2.75) is 26.4 Å². The van der Waals surface area contributed by atoms with Crippen molar-refractivity contribution in [2.24, 2.45) is 0 Å². The molecular formula is C17H17Br2NO2. The van der Waals surface area contributed by atoms with Crippen LogP contribution in [0.5, 0.6) is 0 Å². The van der Waals surface area contributed by atoms with Gasteiger partial charge in [-0.05, 0) is 62.2 Å². The molecule has 0 atom stereocenters. The number of ether oxygens (including phenoxy) is 1. The van der Waals surface area contributed by atoms with E-state index in [4.69, 9.17) is 4.74 Å². The van der Waals surface area contributed by atoms with E-state index in [1.807, 2.05) is 63.2 Å². The summed E-state index contributed by atoms with van der Waals surface area (Å²) in [5.41, 5.74) is 2.35. The largest absolute Gasteiger partial charge is 0.444 e. The molecule has 0 aliphatic rings. The molecule has 0 unspecified atom stereocenters. The second kappa shape index (κ2) is 6.84. The highest BCUT2D eigenvalue weighted by atomic mass is 79.9. The number of nitrogens with one attached hydrogen (secondary N) is 1.